The summed E-state index contributed by atoms with van der Waals surface area (Å²) in [4.78, 5) is 18.0. The first-order chi connectivity index (χ1) is 14.4. The van der Waals surface area contributed by atoms with Crippen molar-refractivity contribution in [3.8, 4) is 0 Å². The molecule has 30 heavy (non-hydrogen) atoms. The summed E-state index contributed by atoms with van der Waals surface area (Å²) < 4.78 is 28.2. The van der Waals surface area contributed by atoms with Crippen molar-refractivity contribution < 1.29 is 13.2 Å². The second kappa shape index (κ2) is 8.19. The molecule has 4 rings (SSSR count). The van der Waals surface area contributed by atoms with Gasteiger partial charge >= 0.3 is 0 Å². The van der Waals surface area contributed by atoms with E-state index in [9.17, 15) is 13.2 Å². The van der Waals surface area contributed by atoms with Crippen LogP contribution in [0.2, 0.25) is 0 Å². The number of hydrogen-bond donors (Lipinski definition) is 1. The average Bonchev–Trinajstić information content (AvgIpc) is 3.02. The number of likely N-dealkylation sites (tertiary alicyclic amines) is 1. The highest BCUT2D eigenvalue weighted by Crippen LogP contribution is 2.37. The van der Waals surface area contributed by atoms with E-state index < -0.39 is 10.0 Å². The number of benzene rings is 2. The van der Waals surface area contributed by atoms with Crippen molar-refractivity contribution in [2.75, 3.05) is 25.0 Å². The number of sulfonamides is 1. The minimum atomic E-state index is -3.75. The molecule has 0 radical (unpaired) electrons. The second-order valence-electron chi connectivity index (χ2n) is 7.86. The van der Waals surface area contributed by atoms with Gasteiger partial charge in [0.2, 0.25) is 21.6 Å². The highest BCUT2D eigenvalue weighted by Gasteiger charge is 2.47. The van der Waals surface area contributed by atoms with Gasteiger partial charge < -0.3 is 5.32 Å². The summed E-state index contributed by atoms with van der Waals surface area (Å²) in [6.07, 6.45) is 1.53. The van der Waals surface area contributed by atoms with Crippen LogP contribution in [0, 0.1) is 13.5 Å². The summed E-state index contributed by atoms with van der Waals surface area (Å²) in [6.45, 7) is 10.5. The lowest BCUT2D eigenvalue weighted by atomic mass is 10.2. The third-order valence-corrected chi connectivity index (χ3v) is 7.87. The molecule has 2 heterocycles. The van der Waals surface area contributed by atoms with Crippen LogP contribution in [-0.4, -0.2) is 55.2 Å². The molecule has 0 aromatic heterocycles. The summed E-state index contributed by atoms with van der Waals surface area (Å²) in [7, 11) is -3.75. The van der Waals surface area contributed by atoms with Crippen LogP contribution >= 0.6 is 0 Å². The number of piperazine rings is 1. The summed E-state index contributed by atoms with van der Waals surface area (Å²) >= 11 is 0. The van der Waals surface area contributed by atoms with Gasteiger partial charge in [-0.25, -0.2) is 13.3 Å². The molecule has 2 aromatic rings. The number of hydrogen-bond acceptors (Lipinski definition) is 4. The maximum absolute atomic E-state index is 13.3. The number of rotatable bonds is 5. The normalized spacial score (nSPS) is 21.9. The average molecular weight is 425 g/mol. The minimum Gasteiger partial charge on any atom is -0.325 e. The van der Waals surface area contributed by atoms with Crippen LogP contribution in [0.25, 0.3) is 4.85 Å². The lowest BCUT2D eigenvalue weighted by Gasteiger charge is -2.39. The Morgan fingerprint density at radius 3 is 2.40 bits per heavy atom. The van der Waals surface area contributed by atoms with Crippen LogP contribution in [0.1, 0.15) is 18.4 Å². The van der Waals surface area contributed by atoms with Gasteiger partial charge in [0.05, 0.1) is 18.0 Å². The zero-order valence-electron chi connectivity index (χ0n) is 16.8. The van der Waals surface area contributed by atoms with E-state index in [1.165, 1.54) is 12.1 Å². The number of carbonyl (C=O) groups excluding carboxylic acids is 1. The smallest absolute Gasteiger partial charge is 0.238 e. The number of amides is 1. The van der Waals surface area contributed by atoms with Crippen molar-refractivity contribution in [3.63, 3.8) is 0 Å². The molecule has 2 aliphatic heterocycles. The van der Waals surface area contributed by atoms with Crippen molar-refractivity contribution in [1.29, 1.82) is 0 Å². The van der Waals surface area contributed by atoms with Crippen LogP contribution in [0.4, 0.5) is 11.4 Å². The van der Waals surface area contributed by atoms with Crippen molar-refractivity contribution in [2.24, 2.45) is 0 Å². The SMILES string of the molecule is [C-]#[N+]c1ccccc1S(=O)(=O)N1C2CCC1CN(CC(=O)Nc1ccccc1C)C2. The van der Waals surface area contributed by atoms with Gasteiger partial charge in [-0.2, -0.15) is 4.31 Å². The van der Waals surface area contributed by atoms with Gasteiger partial charge in [-0.15, -0.1) is 0 Å². The van der Waals surface area contributed by atoms with E-state index in [1.807, 2.05) is 36.1 Å². The molecule has 8 heteroatoms. The molecule has 2 aromatic carbocycles. The Bertz CT molecular complexity index is 1100. The first kappa shape index (κ1) is 20.5. The Balaban J connectivity index is 1.47. The molecule has 0 spiro atoms. The summed E-state index contributed by atoms with van der Waals surface area (Å²) in [6, 6.07) is 13.6. The molecule has 0 aliphatic carbocycles. The fourth-order valence-electron chi connectivity index (χ4n) is 4.46. The van der Waals surface area contributed by atoms with Gasteiger partial charge in [0.15, 0.2) is 0 Å². The number of anilines is 1. The molecule has 7 nitrogen and oxygen atoms in total. The lowest BCUT2D eigenvalue weighted by Crippen LogP contribution is -2.56. The number of aryl methyl sites for hydroxylation is 1. The number of nitrogens with zero attached hydrogens (tertiary/aromatic N) is 3. The molecular weight excluding hydrogens is 400 g/mol. The van der Waals surface area contributed by atoms with Crippen LogP contribution in [0.15, 0.2) is 53.4 Å². The molecule has 2 atom stereocenters. The van der Waals surface area contributed by atoms with E-state index in [4.69, 9.17) is 6.57 Å². The van der Waals surface area contributed by atoms with Gasteiger partial charge in [-0.05, 0) is 31.4 Å². The summed E-state index contributed by atoms with van der Waals surface area (Å²) in [5.74, 6) is -0.0987. The Morgan fingerprint density at radius 2 is 1.73 bits per heavy atom. The first-order valence-corrected chi connectivity index (χ1v) is 11.4. The fraction of sp³-hybridized carbons (Fsp3) is 0.364. The quantitative estimate of drug-likeness (QED) is 0.749. The monoisotopic (exact) mass is 424 g/mol. The fourth-order valence-corrected chi connectivity index (χ4v) is 6.45. The molecule has 2 aliphatic rings. The van der Waals surface area contributed by atoms with E-state index in [2.05, 4.69) is 10.2 Å². The predicted molar refractivity (Wildman–Crippen MR) is 115 cm³/mol. The molecule has 2 fully saturated rings. The van der Waals surface area contributed by atoms with E-state index in [0.29, 0.717) is 13.1 Å². The molecular formula is C22H24N4O3S. The van der Waals surface area contributed by atoms with E-state index in [-0.39, 0.29) is 35.1 Å². The van der Waals surface area contributed by atoms with E-state index in [0.717, 1.165) is 24.1 Å². The molecule has 156 valence electrons. The maximum Gasteiger partial charge on any atom is 0.238 e. The molecule has 2 bridgehead atoms. The molecule has 2 saturated heterocycles. The van der Waals surface area contributed by atoms with Crippen LogP contribution < -0.4 is 5.32 Å². The van der Waals surface area contributed by atoms with Crippen molar-refractivity contribution in [1.82, 2.24) is 9.21 Å². The van der Waals surface area contributed by atoms with Crippen LogP contribution in [0.3, 0.4) is 0 Å². The van der Waals surface area contributed by atoms with Crippen LogP contribution in [0.5, 0.6) is 0 Å². The van der Waals surface area contributed by atoms with Crippen molar-refractivity contribution in [2.45, 2.75) is 36.7 Å². The first-order valence-electron chi connectivity index (χ1n) is 9.98. The lowest BCUT2D eigenvalue weighted by molar-refractivity contribution is -0.117. The van der Waals surface area contributed by atoms with E-state index >= 15 is 0 Å². The zero-order chi connectivity index (χ0) is 21.3. The standard InChI is InChI=1S/C22H24N4O3S/c1-16-7-3-4-8-19(16)24-22(27)15-25-13-17-11-12-18(14-25)26(17)30(28,29)21-10-6-5-9-20(21)23-2/h3-10,17-18H,11-15H2,1H3,(H,24,27). The molecule has 2 unspecified atom stereocenters. The number of carbonyl (C=O) groups is 1. The van der Waals surface area contributed by atoms with Gasteiger partial charge in [0, 0.05) is 30.9 Å². The Kier molecular flexibility index (Phi) is 5.60. The minimum absolute atomic E-state index is 0.0719. The second-order valence-corrected chi connectivity index (χ2v) is 9.67. The zero-order valence-corrected chi connectivity index (χ0v) is 17.6. The Morgan fingerprint density at radius 1 is 1.10 bits per heavy atom. The molecule has 0 saturated carbocycles. The van der Waals surface area contributed by atoms with Crippen molar-refractivity contribution in [3.05, 3.63) is 65.5 Å². The van der Waals surface area contributed by atoms with Gasteiger partial charge in [-0.1, -0.05) is 42.5 Å². The number of nitrogens with one attached hydrogen (secondary N) is 1. The third kappa shape index (κ3) is 3.84. The van der Waals surface area contributed by atoms with E-state index in [1.54, 1.807) is 16.4 Å². The van der Waals surface area contributed by atoms with Gasteiger partial charge in [0.1, 0.15) is 0 Å². The largest absolute Gasteiger partial charge is 0.325 e. The summed E-state index contributed by atoms with van der Waals surface area (Å²) in [5, 5.41) is 2.94. The highest BCUT2D eigenvalue weighted by atomic mass is 32.2. The topological polar surface area (TPSA) is 74.1 Å². The summed E-state index contributed by atoms with van der Waals surface area (Å²) in [5.41, 5.74) is 1.94. The number of fused-ring (bicyclic) bond motifs is 2. The molecule has 1 N–H and O–H groups in total. The molecule has 1 amide bonds. The Labute approximate surface area is 177 Å². The predicted octanol–water partition coefficient (Wildman–Crippen LogP) is 3.02. The highest BCUT2D eigenvalue weighted by molar-refractivity contribution is 7.89. The Hall–Kier alpha value is -2.73. The number of para-hydroxylation sites is 2. The van der Waals surface area contributed by atoms with Crippen LogP contribution in [-0.2, 0) is 14.8 Å². The van der Waals surface area contributed by atoms with Crippen molar-refractivity contribution >= 4 is 27.3 Å². The van der Waals surface area contributed by atoms with Gasteiger partial charge in [0.25, 0.3) is 0 Å². The third-order valence-electron chi connectivity index (χ3n) is 5.82. The maximum atomic E-state index is 13.3. The van der Waals surface area contributed by atoms with Gasteiger partial charge in [-0.3, -0.25) is 9.69 Å².